The second-order valence-electron chi connectivity index (χ2n) is 7.16. The first-order chi connectivity index (χ1) is 16.0. The summed E-state index contributed by atoms with van der Waals surface area (Å²) in [6.45, 7) is 0.308. The van der Waals surface area contributed by atoms with Crippen LogP contribution >= 0.6 is 27.5 Å². The Kier molecular flexibility index (Phi) is 7.27. The number of hydrogen-bond acceptors (Lipinski definition) is 4. The number of nitrogens with one attached hydrogen (secondary N) is 1. The van der Waals surface area contributed by atoms with Crippen LogP contribution in [0.3, 0.4) is 0 Å². The standard InChI is InChI=1S/C26H20BrClN2O3/c1-32-25-14-18-7-3-2-6-17(18)13-22(25)26(31)30-29-15-20-12-21(27)10-11-24(20)33-16-19-8-4-5-9-23(19)28/h2-15H,16H2,1H3,(H,30,31)/b29-15-. The van der Waals surface area contributed by atoms with Gasteiger partial charge in [-0.1, -0.05) is 70.0 Å². The first kappa shape index (κ1) is 22.8. The SMILES string of the molecule is COc1cc2ccccc2cc1C(=O)N/N=C\c1cc(Br)ccc1OCc1ccccc1Cl. The maximum Gasteiger partial charge on any atom is 0.275 e. The van der Waals surface area contributed by atoms with Gasteiger partial charge in [0.1, 0.15) is 18.1 Å². The van der Waals surface area contributed by atoms with Crippen molar-refractivity contribution in [2.24, 2.45) is 5.10 Å². The molecule has 0 bridgehead atoms. The van der Waals surface area contributed by atoms with Crippen LogP contribution in [0.4, 0.5) is 0 Å². The van der Waals surface area contributed by atoms with Crippen LogP contribution in [0.25, 0.3) is 10.8 Å². The number of ether oxygens (including phenoxy) is 2. The molecule has 1 N–H and O–H groups in total. The number of nitrogens with zero attached hydrogens (tertiary/aromatic N) is 1. The maximum absolute atomic E-state index is 12.8. The molecule has 4 aromatic rings. The number of amides is 1. The minimum Gasteiger partial charge on any atom is -0.496 e. The molecule has 0 aliphatic heterocycles. The average Bonchev–Trinajstić information content (AvgIpc) is 2.83. The van der Waals surface area contributed by atoms with Crippen LogP contribution in [-0.4, -0.2) is 19.2 Å². The number of methoxy groups -OCH3 is 1. The number of carbonyl (C=O) groups is 1. The van der Waals surface area contributed by atoms with Gasteiger partial charge in [-0.25, -0.2) is 5.43 Å². The highest BCUT2D eigenvalue weighted by molar-refractivity contribution is 9.10. The normalized spacial score (nSPS) is 11.0. The fourth-order valence-electron chi connectivity index (χ4n) is 3.31. The number of halogens is 2. The number of benzene rings is 4. The lowest BCUT2D eigenvalue weighted by molar-refractivity contribution is 0.0952. The van der Waals surface area contributed by atoms with Crippen LogP contribution in [0.5, 0.6) is 11.5 Å². The third-order valence-corrected chi connectivity index (χ3v) is 5.86. The topological polar surface area (TPSA) is 59.9 Å². The Morgan fingerprint density at radius 1 is 1.00 bits per heavy atom. The van der Waals surface area contributed by atoms with E-state index in [0.29, 0.717) is 34.3 Å². The summed E-state index contributed by atoms with van der Waals surface area (Å²) in [5.74, 6) is 0.717. The quantitative estimate of drug-likeness (QED) is 0.219. The molecule has 0 fully saturated rings. The largest absolute Gasteiger partial charge is 0.496 e. The van der Waals surface area contributed by atoms with Crippen molar-refractivity contribution in [3.8, 4) is 11.5 Å². The van der Waals surface area contributed by atoms with E-state index in [1.807, 2.05) is 72.8 Å². The molecule has 0 heterocycles. The molecule has 33 heavy (non-hydrogen) atoms. The van der Waals surface area contributed by atoms with Crippen molar-refractivity contribution < 1.29 is 14.3 Å². The van der Waals surface area contributed by atoms with Gasteiger partial charge in [-0.05, 0) is 47.2 Å². The minimum absolute atomic E-state index is 0.308. The Balaban J connectivity index is 1.51. The molecule has 0 aromatic heterocycles. The first-order valence-corrected chi connectivity index (χ1v) is 11.3. The van der Waals surface area contributed by atoms with Crippen LogP contribution in [0, 0.1) is 0 Å². The summed E-state index contributed by atoms with van der Waals surface area (Å²) in [7, 11) is 1.54. The lowest BCUT2D eigenvalue weighted by Gasteiger charge is -2.11. The van der Waals surface area contributed by atoms with E-state index in [1.165, 1.54) is 13.3 Å². The Morgan fingerprint density at radius 2 is 1.73 bits per heavy atom. The Morgan fingerprint density at radius 3 is 2.48 bits per heavy atom. The van der Waals surface area contributed by atoms with E-state index in [1.54, 1.807) is 6.07 Å². The van der Waals surface area contributed by atoms with Crippen molar-refractivity contribution in [1.82, 2.24) is 5.43 Å². The van der Waals surface area contributed by atoms with E-state index < -0.39 is 0 Å². The highest BCUT2D eigenvalue weighted by atomic mass is 79.9. The van der Waals surface area contributed by atoms with Gasteiger partial charge in [0.05, 0.1) is 18.9 Å². The number of fused-ring (bicyclic) bond motifs is 1. The molecule has 1 amide bonds. The summed E-state index contributed by atoms with van der Waals surface area (Å²) in [4.78, 5) is 12.8. The number of carbonyl (C=O) groups excluding carboxylic acids is 1. The van der Waals surface area contributed by atoms with Gasteiger partial charge in [-0.3, -0.25) is 4.79 Å². The van der Waals surface area contributed by atoms with Gasteiger partial charge in [-0.2, -0.15) is 5.10 Å². The van der Waals surface area contributed by atoms with E-state index in [2.05, 4.69) is 26.5 Å². The summed E-state index contributed by atoms with van der Waals surface area (Å²) in [5, 5.41) is 6.71. The van der Waals surface area contributed by atoms with Crippen molar-refractivity contribution in [1.29, 1.82) is 0 Å². The van der Waals surface area contributed by atoms with Crippen LogP contribution in [0.1, 0.15) is 21.5 Å². The van der Waals surface area contributed by atoms with E-state index in [0.717, 1.165) is 20.8 Å². The van der Waals surface area contributed by atoms with Gasteiger partial charge in [0.2, 0.25) is 0 Å². The molecular weight excluding hydrogens is 504 g/mol. The molecule has 4 rings (SSSR count). The smallest absolute Gasteiger partial charge is 0.275 e. The van der Waals surface area contributed by atoms with Crippen molar-refractivity contribution in [2.75, 3.05) is 7.11 Å². The van der Waals surface area contributed by atoms with E-state index in [4.69, 9.17) is 21.1 Å². The number of rotatable bonds is 7. The fraction of sp³-hybridized carbons (Fsp3) is 0.0769. The zero-order chi connectivity index (χ0) is 23.2. The highest BCUT2D eigenvalue weighted by Crippen LogP contribution is 2.26. The zero-order valence-corrected chi connectivity index (χ0v) is 20.1. The molecule has 0 spiro atoms. The second kappa shape index (κ2) is 10.5. The molecule has 0 aliphatic carbocycles. The molecule has 0 aliphatic rings. The van der Waals surface area contributed by atoms with Crippen molar-refractivity contribution >= 4 is 50.4 Å². The minimum atomic E-state index is -0.373. The molecule has 0 radical (unpaired) electrons. The summed E-state index contributed by atoms with van der Waals surface area (Å²) in [5.41, 5.74) is 4.55. The molecule has 7 heteroatoms. The Labute approximate surface area is 205 Å². The summed E-state index contributed by atoms with van der Waals surface area (Å²) in [6.07, 6.45) is 1.54. The molecule has 4 aromatic carbocycles. The van der Waals surface area contributed by atoms with E-state index in [9.17, 15) is 4.79 Å². The third kappa shape index (κ3) is 5.53. The Hall–Kier alpha value is -3.35. The first-order valence-electron chi connectivity index (χ1n) is 10.1. The zero-order valence-electron chi connectivity index (χ0n) is 17.7. The van der Waals surface area contributed by atoms with E-state index >= 15 is 0 Å². The predicted molar refractivity (Wildman–Crippen MR) is 135 cm³/mol. The summed E-state index contributed by atoms with van der Waals surface area (Å²) < 4.78 is 12.2. The van der Waals surface area contributed by atoms with Crippen molar-refractivity contribution in [3.63, 3.8) is 0 Å². The molecule has 166 valence electrons. The van der Waals surface area contributed by atoms with E-state index in [-0.39, 0.29) is 5.91 Å². The fourth-order valence-corrected chi connectivity index (χ4v) is 3.88. The van der Waals surface area contributed by atoms with Crippen LogP contribution in [-0.2, 0) is 6.61 Å². The second-order valence-corrected chi connectivity index (χ2v) is 8.48. The van der Waals surface area contributed by atoms with Gasteiger partial charge in [0.15, 0.2) is 0 Å². The Bertz CT molecular complexity index is 1340. The summed E-state index contributed by atoms with van der Waals surface area (Å²) >= 11 is 9.68. The van der Waals surface area contributed by atoms with Gasteiger partial charge in [0.25, 0.3) is 5.91 Å². The summed E-state index contributed by atoms with van der Waals surface area (Å²) in [6, 6.07) is 24.5. The highest BCUT2D eigenvalue weighted by Gasteiger charge is 2.13. The van der Waals surface area contributed by atoms with Gasteiger partial charge in [-0.15, -0.1) is 0 Å². The monoisotopic (exact) mass is 522 g/mol. The van der Waals surface area contributed by atoms with Crippen LogP contribution < -0.4 is 14.9 Å². The van der Waals surface area contributed by atoms with Gasteiger partial charge >= 0.3 is 0 Å². The van der Waals surface area contributed by atoms with Gasteiger partial charge < -0.3 is 9.47 Å². The molecular formula is C26H20BrClN2O3. The number of hydrogen-bond donors (Lipinski definition) is 1. The van der Waals surface area contributed by atoms with Crippen molar-refractivity contribution in [2.45, 2.75) is 6.61 Å². The number of hydrazone groups is 1. The lowest BCUT2D eigenvalue weighted by atomic mass is 10.1. The molecule has 0 unspecified atom stereocenters. The third-order valence-electron chi connectivity index (χ3n) is 5.00. The van der Waals surface area contributed by atoms with Crippen LogP contribution in [0.2, 0.25) is 5.02 Å². The molecule has 0 saturated heterocycles. The van der Waals surface area contributed by atoms with Crippen LogP contribution in [0.15, 0.2) is 88.4 Å². The predicted octanol–water partition coefficient (Wildman–Crippen LogP) is 6.61. The molecule has 5 nitrogen and oxygen atoms in total. The average molecular weight is 524 g/mol. The van der Waals surface area contributed by atoms with Crippen molar-refractivity contribution in [3.05, 3.63) is 105 Å². The lowest BCUT2D eigenvalue weighted by Crippen LogP contribution is -2.18. The molecule has 0 saturated carbocycles. The van der Waals surface area contributed by atoms with Gasteiger partial charge in [0, 0.05) is 20.6 Å². The molecule has 0 atom stereocenters. The maximum atomic E-state index is 12.8.